The van der Waals surface area contributed by atoms with Crippen LogP contribution in [0.15, 0.2) is 24.3 Å². The number of nitrogens with zero attached hydrogens (tertiary/aromatic N) is 1. The molecule has 84 valence electrons. The fraction of sp³-hybridized carbons (Fsp3) is 0.462. The van der Waals surface area contributed by atoms with E-state index in [1.165, 1.54) is 18.6 Å². The van der Waals surface area contributed by atoms with Crippen molar-refractivity contribution in [3.63, 3.8) is 0 Å². The highest BCUT2D eigenvalue weighted by Crippen LogP contribution is 2.37. The average Bonchev–Trinajstić information content (AvgIpc) is 2.75. The Balaban J connectivity index is 1.92. The van der Waals surface area contributed by atoms with E-state index in [9.17, 15) is 0 Å². The number of thioether (sulfide) groups is 1. The highest BCUT2D eigenvalue weighted by molar-refractivity contribution is 8.00. The van der Waals surface area contributed by atoms with Crippen LogP contribution in [0, 0.1) is 11.3 Å². The first kappa shape index (κ1) is 11.3. The average molecular weight is 232 g/mol. The quantitative estimate of drug-likeness (QED) is 0.869. The Morgan fingerprint density at radius 2 is 2.19 bits per heavy atom. The molecule has 0 saturated carbocycles. The van der Waals surface area contributed by atoms with E-state index in [2.05, 4.69) is 30.1 Å². The van der Waals surface area contributed by atoms with Crippen LogP contribution < -0.4 is 5.32 Å². The maximum Gasteiger partial charge on any atom is 0.0991 e. The summed E-state index contributed by atoms with van der Waals surface area (Å²) in [4.78, 5) is 0. The SMILES string of the molecule is CC1(CNc2ccc(C#N)cc2)CCCS1. The van der Waals surface area contributed by atoms with Crippen molar-refractivity contribution in [3.05, 3.63) is 29.8 Å². The van der Waals surface area contributed by atoms with Crippen LogP contribution in [-0.4, -0.2) is 17.0 Å². The monoisotopic (exact) mass is 232 g/mol. The Labute approximate surface area is 101 Å². The van der Waals surface area contributed by atoms with Gasteiger partial charge in [-0.15, -0.1) is 0 Å². The number of hydrogen-bond donors (Lipinski definition) is 1. The first-order valence-electron chi connectivity index (χ1n) is 5.60. The van der Waals surface area contributed by atoms with Crippen LogP contribution in [0.25, 0.3) is 0 Å². The Kier molecular flexibility index (Phi) is 3.40. The van der Waals surface area contributed by atoms with Crippen molar-refractivity contribution < 1.29 is 0 Å². The molecule has 1 N–H and O–H groups in total. The molecule has 1 heterocycles. The van der Waals surface area contributed by atoms with Gasteiger partial charge >= 0.3 is 0 Å². The lowest BCUT2D eigenvalue weighted by Crippen LogP contribution is -2.26. The van der Waals surface area contributed by atoms with Crippen LogP contribution in [0.1, 0.15) is 25.3 Å². The summed E-state index contributed by atoms with van der Waals surface area (Å²) in [6.45, 7) is 3.32. The third-order valence-corrected chi connectivity index (χ3v) is 4.52. The zero-order chi connectivity index (χ0) is 11.4. The van der Waals surface area contributed by atoms with Gasteiger partial charge in [-0.1, -0.05) is 0 Å². The van der Waals surface area contributed by atoms with Gasteiger partial charge in [0, 0.05) is 17.0 Å². The van der Waals surface area contributed by atoms with E-state index in [1.54, 1.807) is 0 Å². The third kappa shape index (κ3) is 2.70. The van der Waals surface area contributed by atoms with Gasteiger partial charge in [-0.2, -0.15) is 17.0 Å². The topological polar surface area (TPSA) is 35.8 Å². The van der Waals surface area contributed by atoms with E-state index in [0.29, 0.717) is 10.3 Å². The highest BCUT2D eigenvalue weighted by atomic mass is 32.2. The third-order valence-electron chi connectivity index (χ3n) is 2.98. The molecule has 1 aliphatic rings. The van der Waals surface area contributed by atoms with E-state index >= 15 is 0 Å². The summed E-state index contributed by atoms with van der Waals surface area (Å²) in [5.74, 6) is 1.28. The fourth-order valence-electron chi connectivity index (χ4n) is 1.93. The van der Waals surface area contributed by atoms with Crippen molar-refractivity contribution in [2.24, 2.45) is 0 Å². The summed E-state index contributed by atoms with van der Waals surface area (Å²) in [6.07, 6.45) is 2.62. The summed E-state index contributed by atoms with van der Waals surface area (Å²) in [5.41, 5.74) is 1.82. The molecule has 1 unspecified atom stereocenters. The molecular formula is C13H16N2S. The highest BCUT2D eigenvalue weighted by Gasteiger charge is 2.28. The molecule has 0 radical (unpaired) electrons. The lowest BCUT2D eigenvalue weighted by molar-refractivity contribution is 0.635. The van der Waals surface area contributed by atoms with Gasteiger partial charge < -0.3 is 5.32 Å². The summed E-state index contributed by atoms with van der Waals surface area (Å²) < 4.78 is 0.383. The minimum absolute atomic E-state index is 0.383. The van der Waals surface area contributed by atoms with Gasteiger partial charge in [-0.25, -0.2) is 0 Å². The van der Waals surface area contributed by atoms with E-state index in [4.69, 9.17) is 5.26 Å². The molecule has 2 rings (SSSR count). The fourth-order valence-corrected chi connectivity index (χ4v) is 3.17. The Bertz CT molecular complexity index is 385. The van der Waals surface area contributed by atoms with Gasteiger partial charge in [0.15, 0.2) is 0 Å². The molecule has 1 aliphatic heterocycles. The first-order chi connectivity index (χ1) is 7.72. The first-order valence-corrected chi connectivity index (χ1v) is 6.58. The van der Waals surface area contributed by atoms with Crippen LogP contribution in [0.5, 0.6) is 0 Å². The molecule has 1 aromatic rings. The van der Waals surface area contributed by atoms with Crippen molar-refractivity contribution in [3.8, 4) is 6.07 Å². The number of anilines is 1. The number of rotatable bonds is 3. The molecular weight excluding hydrogens is 216 g/mol. The lowest BCUT2D eigenvalue weighted by Gasteiger charge is -2.23. The predicted octanol–water partition coefficient (Wildman–Crippen LogP) is 3.26. The summed E-state index contributed by atoms with van der Waals surface area (Å²) in [5, 5.41) is 12.1. The second-order valence-corrected chi connectivity index (χ2v) is 6.13. The van der Waals surface area contributed by atoms with Gasteiger partial charge in [0.1, 0.15) is 0 Å². The Morgan fingerprint density at radius 3 is 2.75 bits per heavy atom. The van der Waals surface area contributed by atoms with Crippen molar-refractivity contribution >= 4 is 17.4 Å². The van der Waals surface area contributed by atoms with Gasteiger partial charge in [0.05, 0.1) is 11.6 Å². The van der Waals surface area contributed by atoms with Crippen molar-refractivity contribution in [1.82, 2.24) is 0 Å². The maximum absolute atomic E-state index is 8.70. The number of hydrogen-bond acceptors (Lipinski definition) is 3. The van der Waals surface area contributed by atoms with Crippen LogP contribution in [-0.2, 0) is 0 Å². The van der Waals surface area contributed by atoms with Crippen LogP contribution in [0.2, 0.25) is 0 Å². The van der Waals surface area contributed by atoms with Gasteiger partial charge in [0.2, 0.25) is 0 Å². The number of nitriles is 1. The molecule has 3 heteroatoms. The van der Waals surface area contributed by atoms with E-state index < -0.39 is 0 Å². The Hall–Kier alpha value is -1.14. The van der Waals surface area contributed by atoms with Crippen molar-refractivity contribution in [2.45, 2.75) is 24.5 Å². The zero-order valence-electron chi connectivity index (χ0n) is 9.49. The molecule has 0 aliphatic carbocycles. The van der Waals surface area contributed by atoms with Gasteiger partial charge in [-0.05, 0) is 49.8 Å². The molecule has 16 heavy (non-hydrogen) atoms. The van der Waals surface area contributed by atoms with Crippen LogP contribution in [0.3, 0.4) is 0 Å². The normalized spacial score (nSPS) is 24.0. The Morgan fingerprint density at radius 1 is 1.44 bits per heavy atom. The molecule has 0 amide bonds. The van der Waals surface area contributed by atoms with Gasteiger partial charge in [-0.3, -0.25) is 0 Å². The van der Waals surface area contributed by atoms with E-state index in [-0.39, 0.29) is 0 Å². The summed E-state index contributed by atoms with van der Waals surface area (Å²) in [7, 11) is 0. The maximum atomic E-state index is 8.70. The zero-order valence-corrected chi connectivity index (χ0v) is 10.3. The van der Waals surface area contributed by atoms with Gasteiger partial charge in [0.25, 0.3) is 0 Å². The minimum Gasteiger partial charge on any atom is -0.384 e. The summed E-state index contributed by atoms with van der Waals surface area (Å²) in [6, 6.07) is 9.78. The van der Waals surface area contributed by atoms with Crippen molar-refractivity contribution in [1.29, 1.82) is 5.26 Å². The van der Waals surface area contributed by atoms with Crippen molar-refractivity contribution in [2.75, 3.05) is 17.6 Å². The predicted molar refractivity (Wildman–Crippen MR) is 69.7 cm³/mol. The number of benzene rings is 1. The second kappa shape index (κ2) is 4.80. The minimum atomic E-state index is 0.383. The van der Waals surface area contributed by atoms with E-state index in [1.807, 2.05) is 24.3 Å². The molecule has 1 atom stereocenters. The molecule has 1 saturated heterocycles. The standard InChI is InChI=1S/C13H16N2S/c1-13(7-2-8-16-13)10-15-12-5-3-11(9-14)4-6-12/h3-6,15H,2,7-8,10H2,1H3. The van der Waals surface area contributed by atoms with Crippen LogP contribution in [0.4, 0.5) is 5.69 Å². The molecule has 2 nitrogen and oxygen atoms in total. The number of nitrogens with one attached hydrogen (secondary N) is 1. The second-order valence-electron chi connectivity index (χ2n) is 4.44. The lowest BCUT2D eigenvalue weighted by atomic mass is 10.1. The molecule has 0 aromatic heterocycles. The molecule has 1 aromatic carbocycles. The molecule has 0 bridgehead atoms. The smallest absolute Gasteiger partial charge is 0.0991 e. The summed E-state index contributed by atoms with van der Waals surface area (Å²) >= 11 is 2.06. The molecule has 0 spiro atoms. The molecule has 1 fully saturated rings. The largest absolute Gasteiger partial charge is 0.384 e. The van der Waals surface area contributed by atoms with Crippen LogP contribution >= 0.6 is 11.8 Å². The van der Waals surface area contributed by atoms with E-state index in [0.717, 1.165) is 12.2 Å².